The smallest absolute Gasteiger partial charge is 0.321 e. The molecule has 4 rings (SSSR count). The van der Waals surface area contributed by atoms with E-state index >= 15 is 0 Å². The van der Waals surface area contributed by atoms with E-state index in [1.54, 1.807) is 17.0 Å². The maximum atomic E-state index is 14.0. The Labute approximate surface area is 168 Å². The average Bonchev–Trinajstić information content (AvgIpc) is 2.71. The number of amides is 2. The Bertz CT molecular complexity index is 976. The number of nitrogens with zero attached hydrogens (tertiary/aromatic N) is 2. The Balaban J connectivity index is 1.38. The van der Waals surface area contributed by atoms with E-state index in [-0.39, 0.29) is 11.8 Å². The van der Waals surface area contributed by atoms with Gasteiger partial charge in [-0.3, -0.25) is 4.90 Å². The van der Waals surface area contributed by atoms with Crippen molar-refractivity contribution in [2.24, 2.45) is 0 Å². The highest BCUT2D eigenvalue weighted by atomic mass is 35.5. The van der Waals surface area contributed by atoms with Crippen molar-refractivity contribution in [3.63, 3.8) is 0 Å². The zero-order valence-corrected chi connectivity index (χ0v) is 16.1. The van der Waals surface area contributed by atoms with Gasteiger partial charge in [0.15, 0.2) is 0 Å². The van der Waals surface area contributed by atoms with Crippen LogP contribution in [0.1, 0.15) is 5.56 Å². The van der Waals surface area contributed by atoms with Gasteiger partial charge in [0.05, 0.1) is 5.69 Å². The molecule has 6 heteroatoms. The number of fused-ring (bicyclic) bond motifs is 1. The van der Waals surface area contributed by atoms with E-state index in [0.29, 0.717) is 43.3 Å². The molecule has 144 valence electrons. The molecule has 1 saturated heterocycles. The summed E-state index contributed by atoms with van der Waals surface area (Å²) >= 11 is 6.12. The molecule has 0 aliphatic carbocycles. The fourth-order valence-electron chi connectivity index (χ4n) is 3.54. The van der Waals surface area contributed by atoms with Gasteiger partial charge in [-0.2, -0.15) is 0 Å². The minimum atomic E-state index is -0.288. The number of piperazine rings is 1. The van der Waals surface area contributed by atoms with Crippen LogP contribution in [0.4, 0.5) is 14.9 Å². The topological polar surface area (TPSA) is 35.6 Å². The third-order valence-corrected chi connectivity index (χ3v) is 5.49. The normalized spacial score (nSPS) is 15.0. The molecule has 1 heterocycles. The molecule has 4 nitrogen and oxygen atoms in total. The summed E-state index contributed by atoms with van der Waals surface area (Å²) in [5.41, 5.74) is 1.32. The summed E-state index contributed by atoms with van der Waals surface area (Å²) in [6.07, 6.45) is 0. The lowest BCUT2D eigenvalue weighted by Gasteiger charge is -2.35. The Hall–Kier alpha value is -2.63. The highest BCUT2D eigenvalue weighted by Gasteiger charge is 2.22. The molecule has 0 aromatic heterocycles. The molecule has 1 N–H and O–H groups in total. The fraction of sp³-hybridized carbons (Fsp3) is 0.227. The average molecular weight is 398 g/mol. The third-order valence-electron chi connectivity index (χ3n) is 5.13. The van der Waals surface area contributed by atoms with Gasteiger partial charge in [-0.1, -0.05) is 54.1 Å². The van der Waals surface area contributed by atoms with Crippen LogP contribution in [-0.4, -0.2) is 42.0 Å². The third kappa shape index (κ3) is 3.96. The van der Waals surface area contributed by atoms with E-state index in [4.69, 9.17) is 11.6 Å². The molecule has 0 unspecified atom stereocenters. The maximum Gasteiger partial charge on any atom is 0.321 e. The highest BCUT2D eigenvalue weighted by molar-refractivity contribution is 6.31. The maximum absolute atomic E-state index is 14.0. The van der Waals surface area contributed by atoms with Crippen molar-refractivity contribution >= 4 is 34.1 Å². The van der Waals surface area contributed by atoms with E-state index in [0.717, 1.165) is 16.5 Å². The zero-order chi connectivity index (χ0) is 19.5. The number of anilines is 1. The minimum Gasteiger partial charge on any atom is -0.322 e. The number of benzene rings is 3. The van der Waals surface area contributed by atoms with E-state index in [9.17, 15) is 9.18 Å². The van der Waals surface area contributed by atoms with E-state index in [1.807, 2.05) is 42.5 Å². The largest absolute Gasteiger partial charge is 0.322 e. The molecule has 1 fully saturated rings. The van der Waals surface area contributed by atoms with Gasteiger partial charge in [0.2, 0.25) is 0 Å². The van der Waals surface area contributed by atoms with Crippen LogP contribution < -0.4 is 5.32 Å². The van der Waals surface area contributed by atoms with E-state index in [1.165, 1.54) is 6.07 Å². The molecule has 0 spiro atoms. The quantitative estimate of drug-likeness (QED) is 0.676. The Morgan fingerprint density at radius 3 is 2.46 bits per heavy atom. The summed E-state index contributed by atoms with van der Waals surface area (Å²) in [6.45, 7) is 2.97. The van der Waals surface area contributed by atoms with Crippen LogP contribution in [0.5, 0.6) is 0 Å². The molecule has 0 bridgehead atoms. The summed E-state index contributed by atoms with van der Waals surface area (Å²) in [5.74, 6) is -0.288. The Morgan fingerprint density at radius 1 is 0.964 bits per heavy atom. The fourth-order valence-corrected chi connectivity index (χ4v) is 3.77. The molecule has 1 aliphatic heterocycles. The molecule has 1 aliphatic rings. The molecule has 0 saturated carbocycles. The predicted octanol–water partition coefficient (Wildman–Crippen LogP) is 4.98. The van der Waals surface area contributed by atoms with Gasteiger partial charge in [0.25, 0.3) is 0 Å². The van der Waals surface area contributed by atoms with Crippen molar-refractivity contribution in [1.29, 1.82) is 0 Å². The zero-order valence-electron chi connectivity index (χ0n) is 15.4. The second-order valence-electron chi connectivity index (χ2n) is 6.92. The Morgan fingerprint density at radius 2 is 1.68 bits per heavy atom. The first-order chi connectivity index (χ1) is 13.6. The van der Waals surface area contributed by atoms with Crippen LogP contribution in [0.15, 0.2) is 60.7 Å². The number of nitrogens with one attached hydrogen (secondary N) is 1. The van der Waals surface area contributed by atoms with E-state index in [2.05, 4.69) is 10.2 Å². The van der Waals surface area contributed by atoms with Crippen LogP contribution in [0, 0.1) is 5.82 Å². The van der Waals surface area contributed by atoms with Crippen molar-refractivity contribution in [2.75, 3.05) is 31.5 Å². The first kappa shape index (κ1) is 18.7. The molecule has 3 aromatic carbocycles. The highest BCUT2D eigenvalue weighted by Crippen LogP contribution is 2.24. The van der Waals surface area contributed by atoms with Crippen molar-refractivity contribution in [2.45, 2.75) is 6.54 Å². The van der Waals surface area contributed by atoms with E-state index < -0.39 is 0 Å². The molecule has 0 atom stereocenters. The van der Waals surface area contributed by atoms with Gasteiger partial charge in [0.1, 0.15) is 5.82 Å². The molecular formula is C22H21ClFN3O. The van der Waals surface area contributed by atoms with Crippen LogP contribution >= 0.6 is 11.6 Å². The van der Waals surface area contributed by atoms with Crippen molar-refractivity contribution < 1.29 is 9.18 Å². The lowest BCUT2D eigenvalue weighted by atomic mass is 10.1. The molecular weight excluding hydrogens is 377 g/mol. The van der Waals surface area contributed by atoms with Gasteiger partial charge in [-0.05, 0) is 23.6 Å². The standard InChI is InChI=1S/C22H21ClFN3O/c23-19-8-4-9-20(24)18(19)15-26-11-13-27(14-12-26)22(28)25-21-10-3-6-16-5-1-2-7-17(16)21/h1-10H,11-15H2,(H,25,28). The summed E-state index contributed by atoms with van der Waals surface area (Å²) < 4.78 is 14.0. The van der Waals surface area contributed by atoms with Crippen LogP contribution in [0.25, 0.3) is 10.8 Å². The number of urea groups is 1. The van der Waals surface area contributed by atoms with Crippen LogP contribution in [-0.2, 0) is 6.54 Å². The number of carbonyl (C=O) groups excluding carboxylic acids is 1. The van der Waals surface area contributed by atoms with Crippen molar-refractivity contribution in [1.82, 2.24) is 9.80 Å². The number of hydrogen-bond acceptors (Lipinski definition) is 2. The van der Waals surface area contributed by atoms with Crippen molar-refractivity contribution in [3.05, 3.63) is 77.1 Å². The number of carbonyl (C=O) groups is 1. The summed E-state index contributed by atoms with van der Waals surface area (Å²) in [5, 5.41) is 5.57. The van der Waals surface area contributed by atoms with Gasteiger partial charge in [-0.15, -0.1) is 0 Å². The van der Waals surface area contributed by atoms with Crippen molar-refractivity contribution in [3.8, 4) is 0 Å². The lowest BCUT2D eigenvalue weighted by Crippen LogP contribution is -2.49. The van der Waals surface area contributed by atoms with Gasteiger partial charge in [-0.25, -0.2) is 9.18 Å². The van der Waals surface area contributed by atoms with Gasteiger partial charge >= 0.3 is 6.03 Å². The summed E-state index contributed by atoms with van der Waals surface area (Å²) in [7, 11) is 0. The number of rotatable bonds is 3. The SMILES string of the molecule is O=C(Nc1cccc2ccccc12)N1CCN(Cc2c(F)cccc2Cl)CC1. The molecule has 3 aromatic rings. The van der Waals surface area contributed by atoms with Gasteiger partial charge < -0.3 is 10.2 Å². The molecule has 0 radical (unpaired) electrons. The number of hydrogen-bond donors (Lipinski definition) is 1. The Kier molecular flexibility index (Phi) is 5.46. The van der Waals surface area contributed by atoms with Crippen LogP contribution in [0.2, 0.25) is 5.02 Å². The summed E-state index contributed by atoms with van der Waals surface area (Å²) in [4.78, 5) is 16.6. The second kappa shape index (κ2) is 8.17. The lowest BCUT2D eigenvalue weighted by molar-refractivity contribution is 0.142. The molecule has 28 heavy (non-hydrogen) atoms. The first-order valence-electron chi connectivity index (χ1n) is 9.31. The summed E-state index contributed by atoms with van der Waals surface area (Å²) in [6, 6.07) is 18.5. The van der Waals surface area contributed by atoms with Crippen LogP contribution in [0.3, 0.4) is 0 Å². The monoisotopic (exact) mass is 397 g/mol. The number of halogens is 2. The second-order valence-corrected chi connectivity index (χ2v) is 7.33. The predicted molar refractivity (Wildman–Crippen MR) is 111 cm³/mol. The molecule has 2 amide bonds. The minimum absolute atomic E-state index is 0.111. The van der Waals surface area contributed by atoms with Gasteiger partial charge in [0, 0.05) is 48.7 Å². The first-order valence-corrected chi connectivity index (χ1v) is 9.68.